The summed E-state index contributed by atoms with van der Waals surface area (Å²) in [6, 6.07) is 18.3. The van der Waals surface area contributed by atoms with Gasteiger partial charge in [0.2, 0.25) is 0 Å². The summed E-state index contributed by atoms with van der Waals surface area (Å²) in [4.78, 5) is 27.6. The third-order valence-corrected chi connectivity index (χ3v) is 8.76. The minimum atomic E-state index is -4.31. The van der Waals surface area contributed by atoms with E-state index in [2.05, 4.69) is 20.0 Å². The molecule has 0 saturated carbocycles. The van der Waals surface area contributed by atoms with Crippen molar-refractivity contribution in [3.8, 4) is 5.82 Å². The molecule has 0 fully saturated rings. The van der Waals surface area contributed by atoms with Crippen molar-refractivity contribution in [2.75, 3.05) is 30.7 Å². The van der Waals surface area contributed by atoms with E-state index in [1.54, 1.807) is 33.9 Å². The molecule has 0 atom stereocenters. The van der Waals surface area contributed by atoms with Crippen molar-refractivity contribution in [1.82, 2.24) is 24.4 Å². The van der Waals surface area contributed by atoms with Crippen LogP contribution >= 0.6 is 11.6 Å². The zero-order valence-corrected chi connectivity index (χ0v) is 25.4. The average molecular weight is 648 g/mol. The van der Waals surface area contributed by atoms with Gasteiger partial charge in [0.15, 0.2) is 17.4 Å². The predicted octanol–water partition coefficient (Wildman–Crippen LogP) is 6.19. The number of hydrogen-bond donors (Lipinski definition) is 2. The Kier molecular flexibility index (Phi) is 7.91. The summed E-state index contributed by atoms with van der Waals surface area (Å²) in [6.07, 6.45) is 2.91. The molecule has 0 amide bonds. The zero-order valence-electron chi connectivity index (χ0n) is 23.8. The molecule has 0 aliphatic heterocycles. The molecule has 0 aliphatic carbocycles. The molecule has 0 radical (unpaired) electrons. The van der Waals surface area contributed by atoms with Crippen molar-refractivity contribution in [2.45, 2.75) is 4.90 Å². The van der Waals surface area contributed by atoms with Crippen LogP contribution in [0.25, 0.3) is 27.8 Å². The second kappa shape index (κ2) is 11.8. The average Bonchev–Trinajstić information content (AvgIpc) is 3.40. The molecular weight excluding hydrogens is 624 g/mol. The lowest BCUT2D eigenvalue weighted by molar-refractivity contribution is 0.0959. The highest BCUT2D eigenvalue weighted by atomic mass is 35.5. The van der Waals surface area contributed by atoms with Gasteiger partial charge in [0.25, 0.3) is 10.0 Å². The minimum Gasteiger partial charge on any atom is -0.333 e. The van der Waals surface area contributed by atoms with Crippen LogP contribution in [0, 0.1) is 11.6 Å². The molecule has 228 valence electrons. The number of anilines is 3. The number of rotatable bonds is 9. The number of sulfonamides is 1. The van der Waals surface area contributed by atoms with E-state index in [1.165, 1.54) is 24.5 Å². The maximum Gasteiger partial charge on any atom is 0.263 e. The largest absolute Gasteiger partial charge is 0.333 e. The molecule has 3 aromatic heterocycles. The van der Waals surface area contributed by atoms with Crippen molar-refractivity contribution in [1.29, 1.82) is 0 Å². The Morgan fingerprint density at radius 3 is 2.51 bits per heavy atom. The standard InChI is InChI=1S/C31H24ClF2N7O3S/c1-40(2)16-25(42)19-15-41(24-9-5-3-7-18(19)24)27-14-13-23-30(37-27)31(36-17-35-23)38-29-21(33)11-12-22(28(29)34)39-45(43,44)26-10-6-4-8-20(26)32/h3-15,17,39H,16H2,1-2H3,(H,35,36,38). The smallest absolute Gasteiger partial charge is 0.263 e. The van der Waals surface area contributed by atoms with E-state index in [1.807, 2.05) is 38.4 Å². The van der Waals surface area contributed by atoms with Crippen LogP contribution in [0.1, 0.15) is 10.4 Å². The van der Waals surface area contributed by atoms with Gasteiger partial charge in [-0.25, -0.2) is 32.2 Å². The number of Topliss-reactive ketones (excluding diaryl/α,β-unsaturated/α-hetero) is 1. The summed E-state index contributed by atoms with van der Waals surface area (Å²) in [6.45, 7) is 0.214. The first-order valence-corrected chi connectivity index (χ1v) is 15.3. The van der Waals surface area contributed by atoms with Gasteiger partial charge in [-0.05, 0) is 56.6 Å². The molecule has 0 unspecified atom stereocenters. The van der Waals surface area contributed by atoms with E-state index < -0.39 is 33.0 Å². The number of likely N-dealkylation sites (N-methyl/N-ethyl adjacent to an activating group) is 1. The Morgan fingerprint density at radius 2 is 1.73 bits per heavy atom. The van der Waals surface area contributed by atoms with Gasteiger partial charge in [-0.2, -0.15) is 0 Å². The minimum absolute atomic E-state index is 0.0360. The number of nitrogens with one attached hydrogen (secondary N) is 2. The summed E-state index contributed by atoms with van der Waals surface area (Å²) < 4.78 is 60.5. The van der Waals surface area contributed by atoms with Gasteiger partial charge in [-0.15, -0.1) is 0 Å². The van der Waals surface area contributed by atoms with Crippen molar-refractivity contribution in [3.05, 3.63) is 108 Å². The van der Waals surface area contributed by atoms with Gasteiger partial charge in [0, 0.05) is 17.1 Å². The van der Waals surface area contributed by atoms with Crippen LogP contribution in [0.15, 0.2) is 90.2 Å². The molecule has 0 bridgehead atoms. The molecule has 0 saturated heterocycles. The maximum absolute atomic E-state index is 15.7. The lowest BCUT2D eigenvalue weighted by Gasteiger charge is -2.15. The Hall–Kier alpha value is -4.98. The summed E-state index contributed by atoms with van der Waals surface area (Å²) in [5.74, 6) is -1.92. The first kappa shape index (κ1) is 30.1. The molecular formula is C31H24ClF2N7O3S. The van der Waals surface area contributed by atoms with Gasteiger partial charge in [0.05, 0.1) is 28.3 Å². The SMILES string of the molecule is CN(C)CC(=O)c1cn(-c2ccc3ncnc(Nc4c(F)ccc(NS(=O)(=O)c5ccccc5Cl)c4F)c3n2)c2ccccc12. The fourth-order valence-corrected chi connectivity index (χ4v) is 6.43. The van der Waals surface area contributed by atoms with E-state index in [4.69, 9.17) is 16.6 Å². The Labute approximate surface area is 261 Å². The number of nitrogens with zero attached hydrogens (tertiary/aromatic N) is 5. The number of pyridine rings is 1. The molecule has 0 aliphatic rings. The molecule has 6 aromatic rings. The first-order chi connectivity index (χ1) is 21.5. The predicted molar refractivity (Wildman–Crippen MR) is 169 cm³/mol. The van der Waals surface area contributed by atoms with E-state index in [-0.39, 0.29) is 33.6 Å². The highest BCUT2D eigenvalue weighted by Crippen LogP contribution is 2.33. The number of para-hydroxylation sites is 1. The van der Waals surface area contributed by atoms with Crippen LogP contribution in [-0.2, 0) is 10.0 Å². The van der Waals surface area contributed by atoms with Crippen molar-refractivity contribution < 1.29 is 22.0 Å². The quantitative estimate of drug-likeness (QED) is 0.178. The topological polar surface area (TPSA) is 122 Å². The van der Waals surface area contributed by atoms with E-state index in [9.17, 15) is 13.2 Å². The van der Waals surface area contributed by atoms with Crippen molar-refractivity contribution in [2.24, 2.45) is 0 Å². The molecule has 14 heteroatoms. The number of carbonyl (C=O) groups excluding carboxylic acids is 1. The highest BCUT2D eigenvalue weighted by molar-refractivity contribution is 7.92. The number of fused-ring (bicyclic) bond motifs is 2. The van der Waals surface area contributed by atoms with E-state index >= 15 is 8.78 Å². The Bertz CT molecular complexity index is 2230. The fourth-order valence-electron chi connectivity index (χ4n) is 4.85. The molecule has 2 N–H and O–H groups in total. The number of ketones is 1. The normalized spacial score (nSPS) is 11.8. The number of hydrogen-bond acceptors (Lipinski definition) is 8. The lowest BCUT2D eigenvalue weighted by Crippen LogP contribution is -2.21. The van der Waals surface area contributed by atoms with E-state index in [0.717, 1.165) is 23.0 Å². The van der Waals surface area contributed by atoms with Crippen molar-refractivity contribution in [3.63, 3.8) is 0 Å². The van der Waals surface area contributed by atoms with Crippen LogP contribution in [0.4, 0.5) is 26.0 Å². The molecule has 10 nitrogen and oxygen atoms in total. The van der Waals surface area contributed by atoms with Crippen LogP contribution in [0.5, 0.6) is 0 Å². The number of aromatic nitrogens is 4. The molecule has 45 heavy (non-hydrogen) atoms. The Balaban J connectivity index is 1.40. The summed E-state index contributed by atoms with van der Waals surface area (Å²) in [5, 5.41) is 3.31. The van der Waals surface area contributed by atoms with E-state index in [0.29, 0.717) is 16.9 Å². The summed E-state index contributed by atoms with van der Waals surface area (Å²) in [5.41, 5.74) is 0.615. The summed E-state index contributed by atoms with van der Waals surface area (Å²) >= 11 is 6.03. The molecule has 6 rings (SSSR count). The highest BCUT2D eigenvalue weighted by Gasteiger charge is 2.23. The maximum atomic E-state index is 15.7. The third kappa shape index (κ3) is 5.80. The van der Waals surface area contributed by atoms with Gasteiger partial charge in [-0.1, -0.05) is 41.9 Å². The fraction of sp³-hybridized carbons (Fsp3) is 0.0968. The van der Waals surface area contributed by atoms with Gasteiger partial charge < -0.3 is 14.8 Å². The second-order valence-electron chi connectivity index (χ2n) is 10.3. The van der Waals surface area contributed by atoms with Gasteiger partial charge in [-0.3, -0.25) is 9.52 Å². The van der Waals surface area contributed by atoms with Gasteiger partial charge >= 0.3 is 0 Å². The zero-order chi connectivity index (χ0) is 31.9. The van der Waals surface area contributed by atoms with Crippen LogP contribution in [0.2, 0.25) is 5.02 Å². The Morgan fingerprint density at radius 1 is 0.978 bits per heavy atom. The van der Waals surface area contributed by atoms with Crippen LogP contribution in [0.3, 0.4) is 0 Å². The van der Waals surface area contributed by atoms with Crippen molar-refractivity contribution >= 4 is 66.5 Å². The third-order valence-electron chi connectivity index (χ3n) is 6.89. The molecule has 3 aromatic carbocycles. The monoisotopic (exact) mass is 647 g/mol. The second-order valence-corrected chi connectivity index (χ2v) is 12.4. The van der Waals surface area contributed by atoms with Crippen LogP contribution in [-0.4, -0.2) is 59.3 Å². The first-order valence-electron chi connectivity index (χ1n) is 13.5. The number of halogens is 3. The number of carbonyl (C=O) groups is 1. The molecule has 3 heterocycles. The summed E-state index contributed by atoms with van der Waals surface area (Å²) in [7, 11) is -0.686. The molecule has 0 spiro atoms. The van der Waals surface area contributed by atoms with Gasteiger partial charge in [0.1, 0.15) is 34.1 Å². The van der Waals surface area contributed by atoms with Crippen LogP contribution < -0.4 is 10.0 Å². The number of benzene rings is 3. The lowest BCUT2D eigenvalue weighted by atomic mass is 10.1.